The van der Waals surface area contributed by atoms with E-state index in [1.54, 1.807) is 41.8 Å². The highest BCUT2D eigenvalue weighted by molar-refractivity contribution is 8.08. The number of sulfone groups is 1. The standard InChI is InChI=1S/C15H16N4O3S/c1-11-6-5-7-12(10-11)18-19-15(14(20)17-16)23(21,22)13-8-3-2-4-9-13/h2-10,18H,16H2,1H3,(H,17,20)/b19-15-. The van der Waals surface area contributed by atoms with Gasteiger partial charge < -0.3 is 0 Å². The van der Waals surface area contributed by atoms with E-state index in [9.17, 15) is 13.2 Å². The van der Waals surface area contributed by atoms with Crippen LogP contribution in [0.15, 0.2) is 64.6 Å². The summed E-state index contributed by atoms with van der Waals surface area (Å²) >= 11 is 0. The van der Waals surface area contributed by atoms with Crippen LogP contribution >= 0.6 is 0 Å². The van der Waals surface area contributed by atoms with Gasteiger partial charge in [0.1, 0.15) is 0 Å². The van der Waals surface area contributed by atoms with Gasteiger partial charge in [-0.2, -0.15) is 5.10 Å². The van der Waals surface area contributed by atoms with Gasteiger partial charge in [0, 0.05) is 0 Å². The van der Waals surface area contributed by atoms with Crippen LogP contribution in [-0.2, 0) is 14.6 Å². The number of carbonyl (C=O) groups is 1. The maximum Gasteiger partial charge on any atom is 0.297 e. The lowest BCUT2D eigenvalue weighted by atomic mass is 10.2. The third-order valence-corrected chi connectivity index (χ3v) is 4.62. The van der Waals surface area contributed by atoms with E-state index < -0.39 is 20.8 Å². The number of rotatable bonds is 3. The van der Waals surface area contributed by atoms with Crippen molar-refractivity contribution in [2.45, 2.75) is 11.8 Å². The molecule has 0 spiro atoms. The van der Waals surface area contributed by atoms with E-state index >= 15 is 0 Å². The molecule has 2 rings (SSSR count). The zero-order valence-electron chi connectivity index (χ0n) is 12.4. The smallest absolute Gasteiger partial charge is 0.288 e. The lowest BCUT2D eigenvalue weighted by molar-refractivity contribution is -0.114. The quantitative estimate of drug-likeness (QED) is 0.257. The monoisotopic (exact) mass is 332 g/mol. The Morgan fingerprint density at radius 3 is 2.39 bits per heavy atom. The molecule has 0 bridgehead atoms. The average Bonchev–Trinajstić information content (AvgIpc) is 2.55. The van der Waals surface area contributed by atoms with E-state index in [0.717, 1.165) is 5.56 Å². The second-order valence-corrected chi connectivity index (χ2v) is 6.55. The first-order chi connectivity index (χ1) is 10.9. The first-order valence-corrected chi connectivity index (χ1v) is 8.15. The van der Waals surface area contributed by atoms with E-state index in [1.165, 1.54) is 12.1 Å². The molecule has 2 aromatic rings. The molecule has 0 fully saturated rings. The molecule has 1 amide bonds. The molecule has 0 heterocycles. The summed E-state index contributed by atoms with van der Waals surface area (Å²) in [4.78, 5) is 11.8. The third-order valence-electron chi connectivity index (χ3n) is 2.94. The highest BCUT2D eigenvalue weighted by Gasteiger charge is 2.29. The molecule has 23 heavy (non-hydrogen) atoms. The topological polar surface area (TPSA) is 114 Å². The van der Waals surface area contributed by atoms with E-state index in [0.29, 0.717) is 5.69 Å². The van der Waals surface area contributed by atoms with Crippen LogP contribution in [0.4, 0.5) is 5.69 Å². The van der Waals surface area contributed by atoms with Crippen molar-refractivity contribution in [3.63, 3.8) is 0 Å². The number of aryl methyl sites for hydroxylation is 1. The number of carbonyl (C=O) groups excluding carboxylic acids is 1. The van der Waals surface area contributed by atoms with Gasteiger partial charge in [-0.1, -0.05) is 30.3 Å². The number of hydrazine groups is 1. The lowest BCUT2D eigenvalue weighted by Crippen LogP contribution is -2.40. The number of nitrogens with zero attached hydrogens (tertiary/aromatic N) is 1. The Morgan fingerprint density at radius 1 is 1.09 bits per heavy atom. The number of hydrogen-bond donors (Lipinski definition) is 3. The fourth-order valence-electron chi connectivity index (χ4n) is 1.84. The molecule has 8 heteroatoms. The molecule has 0 aliphatic heterocycles. The van der Waals surface area contributed by atoms with Crippen LogP contribution in [0.1, 0.15) is 5.56 Å². The molecule has 7 nitrogen and oxygen atoms in total. The predicted molar refractivity (Wildman–Crippen MR) is 88.2 cm³/mol. The van der Waals surface area contributed by atoms with Crippen LogP contribution in [0.2, 0.25) is 0 Å². The van der Waals surface area contributed by atoms with Crippen LogP contribution in [0.25, 0.3) is 0 Å². The predicted octanol–water partition coefficient (Wildman–Crippen LogP) is 1.18. The summed E-state index contributed by atoms with van der Waals surface area (Å²) in [6, 6.07) is 14.6. The molecular formula is C15H16N4O3S. The maximum atomic E-state index is 12.5. The van der Waals surface area contributed by atoms with Crippen LogP contribution in [-0.4, -0.2) is 19.4 Å². The van der Waals surface area contributed by atoms with Gasteiger partial charge in [-0.3, -0.25) is 15.6 Å². The number of hydrogen-bond acceptors (Lipinski definition) is 6. The molecule has 0 unspecified atom stereocenters. The second kappa shape index (κ2) is 7.03. The highest BCUT2D eigenvalue weighted by atomic mass is 32.2. The molecule has 2 aromatic carbocycles. The van der Waals surface area contributed by atoms with Crippen molar-refractivity contribution in [2.75, 3.05) is 5.43 Å². The molecule has 0 aromatic heterocycles. The van der Waals surface area contributed by atoms with Gasteiger partial charge in [0.2, 0.25) is 14.9 Å². The minimum Gasteiger partial charge on any atom is -0.288 e. The number of hydrazone groups is 1. The zero-order valence-corrected chi connectivity index (χ0v) is 13.2. The van der Waals surface area contributed by atoms with Crippen molar-refractivity contribution in [3.05, 3.63) is 60.2 Å². The van der Waals surface area contributed by atoms with Crippen LogP contribution in [0, 0.1) is 6.92 Å². The molecule has 0 aliphatic rings. The average molecular weight is 332 g/mol. The van der Waals surface area contributed by atoms with Gasteiger partial charge in [0.05, 0.1) is 10.6 Å². The first kappa shape index (κ1) is 16.7. The van der Waals surface area contributed by atoms with Crippen LogP contribution in [0.3, 0.4) is 0 Å². The molecule has 120 valence electrons. The van der Waals surface area contributed by atoms with Gasteiger partial charge in [0.15, 0.2) is 0 Å². The van der Waals surface area contributed by atoms with E-state index in [1.807, 2.05) is 13.0 Å². The molecule has 0 aliphatic carbocycles. The Kier molecular flexibility index (Phi) is 5.09. The third kappa shape index (κ3) is 3.93. The van der Waals surface area contributed by atoms with Crippen molar-refractivity contribution in [3.8, 4) is 0 Å². The summed E-state index contributed by atoms with van der Waals surface area (Å²) in [5.74, 6) is 4.06. The molecular weight excluding hydrogens is 316 g/mol. The summed E-state index contributed by atoms with van der Waals surface area (Å²) < 4.78 is 25.1. The Hall–Kier alpha value is -2.71. The molecule has 0 radical (unpaired) electrons. The second-order valence-electron chi connectivity index (χ2n) is 4.69. The van der Waals surface area contributed by atoms with Crippen molar-refractivity contribution < 1.29 is 13.2 Å². The summed E-state index contributed by atoms with van der Waals surface area (Å²) in [6.45, 7) is 1.88. The SMILES string of the molecule is Cc1cccc(N/N=C(/C(=O)NN)S(=O)(=O)c2ccccc2)c1. The van der Waals surface area contributed by atoms with Gasteiger partial charge in [-0.05, 0) is 36.8 Å². The van der Waals surface area contributed by atoms with Gasteiger partial charge >= 0.3 is 0 Å². The van der Waals surface area contributed by atoms with Crippen LogP contribution < -0.4 is 16.7 Å². The number of amides is 1. The lowest BCUT2D eigenvalue weighted by Gasteiger charge is -2.08. The minimum atomic E-state index is -4.10. The molecule has 4 N–H and O–H groups in total. The molecule has 0 atom stereocenters. The zero-order chi connectivity index (χ0) is 16.9. The van der Waals surface area contributed by atoms with E-state index in [4.69, 9.17) is 5.84 Å². The summed E-state index contributed by atoms with van der Waals surface area (Å²) in [5.41, 5.74) is 5.88. The summed E-state index contributed by atoms with van der Waals surface area (Å²) in [7, 11) is -4.10. The first-order valence-electron chi connectivity index (χ1n) is 6.66. The summed E-state index contributed by atoms with van der Waals surface area (Å²) in [6.07, 6.45) is 0. The molecule has 0 saturated carbocycles. The Morgan fingerprint density at radius 2 is 1.78 bits per heavy atom. The van der Waals surface area contributed by atoms with Crippen molar-refractivity contribution in [2.24, 2.45) is 10.9 Å². The fourth-order valence-corrected chi connectivity index (χ4v) is 3.04. The summed E-state index contributed by atoms with van der Waals surface area (Å²) in [5, 5.41) is 3.03. The van der Waals surface area contributed by atoms with Crippen molar-refractivity contribution in [1.82, 2.24) is 5.43 Å². The normalized spacial score (nSPS) is 11.8. The van der Waals surface area contributed by atoms with E-state index in [-0.39, 0.29) is 4.90 Å². The number of nitrogens with one attached hydrogen (secondary N) is 2. The Labute approximate surface area is 134 Å². The number of nitrogens with two attached hydrogens (primary N) is 1. The van der Waals surface area contributed by atoms with Crippen molar-refractivity contribution >= 4 is 26.5 Å². The minimum absolute atomic E-state index is 0.0478. The Bertz CT molecular complexity index is 833. The number of benzene rings is 2. The fraction of sp³-hybridized carbons (Fsp3) is 0.0667. The molecule has 0 saturated heterocycles. The Balaban J connectivity index is 2.41. The largest absolute Gasteiger partial charge is 0.297 e. The van der Waals surface area contributed by atoms with E-state index in [2.05, 4.69) is 10.5 Å². The maximum absolute atomic E-state index is 12.5. The van der Waals surface area contributed by atoms with Gasteiger partial charge in [-0.15, -0.1) is 0 Å². The van der Waals surface area contributed by atoms with Crippen LogP contribution in [0.5, 0.6) is 0 Å². The van der Waals surface area contributed by atoms with Crippen molar-refractivity contribution in [1.29, 1.82) is 0 Å². The highest BCUT2D eigenvalue weighted by Crippen LogP contribution is 2.14. The van der Waals surface area contributed by atoms with Gasteiger partial charge in [0.25, 0.3) is 5.91 Å². The van der Waals surface area contributed by atoms with Gasteiger partial charge in [-0.25, -0.2) is 14.3 Å². The number of anilines is 1.